The summed E-state index contributed by atoms with van der Waals surface area (Å²) in [5.74, 6) is -0.105. The van der Waals surface area contributed by atoms with Crippen LogP contribution >= 0.6 is 10.7 Å². The van der Waals surface area contributed by atoms with Gasteiger partial charge in [0.1, 0.15) is 5.69 Å². The van der Waals surface area contributed by atoms with E-state index < -0.39 is 9.33 Å². The average molecular weight is 255 g/mol. The maximum Gasteiger partial charge on any atom is 0.353 e. The van der Waals surface area contributed by atoms with Gasteiger partial charge in [0.05, 0.1) is 18.6 Å². The van der Waals surface area contributed by atoms with E-state index in [1.165, 1.54) is 0 Å². The fraction of sp³-hybridized carbons (Fsp3) is 0.200. The first-order chi connectivity index (χ1) is 6.88. The van der Waals surface area contributed by atoms with Crippen molar-refractivity contribution in [2.24, 2.45) is 0 Å². The summed E-state index contributed by atoms with van der Waals surface area (Å²) in [6.45, 7) is 0.478. The van der Waals surface area contributed by atoms with E-state index in [4.69, 9.17) is 13.0 Å². The maximum atomic E-state index is 10.9. The first-order valence-corrected chi connectivity index (χ1v) is 5.87. The SMILES string of the molecule is O=C1NCNc2cn[nH]c21.O=S(=O)(O)Cl. The number of H-pyrrole nitrogens is 1. The highest BCUT2D eigenvalue weighted by atomic mass is 35.7. The number of rotatable bonds is 0. The summed E-state index contributed by atoms with van der Waals surface area (Å²) in [5.41, 5.74) is 1.27. The standard InChI is InChI=1S/C5H6N4O.ClHO3S/c10-5-4-3(1-8-9-4)6-2-7-5;1-5(2,3)4/h1,6H,2H2,(H,7,10)(H,8,9);(H,2,3,4). The Morgan fingerprint density at radius 2 is 2.07 bits per heavy atom. The largest absolute Gasteiger partial charge is 0.365 e. The molecular weight excluding hydrogens is 248 g/mol. The van der Waals surface area contributed by atoms with Gasteiger partial charge >= 0.3 is 9.33 Å². The van der Waals surface area contributed by atoms with Crippen LogP contribution < -0.4 is 10.6 Å². The van der Waals surface area contributed by atoms with Gasteiger partial charge in [-0.2, -0.15) is 13.5 Å². The lowest BCUT2D eigenvalue weighted by Crippen LogP contribution is -2.34. The summed E-state index contributed by atoms with van der Waals surface area (Å²) in [5, 5.41) is 11.8. The van der Waals surface area contributed by atoms with Crippen molar-refractivity contribution in [1.82, 2.24) is 15.5 Å². The summed E-state index contributed by atoms with van der Waals surface area (Å²) in [7, 11) is -0.137. The average Bonchev–Trinajstić information content (AvgIpc) is 2.49. The van der Waals surface area contributed by atoms with Crippen molar-refractivity contribution in [3.8, 4) is 0 Å². The van der Waals surface area contributed by atoms with Crippen molar-refractivity contribution < 1.29 is 17.8 Å². The Morgan fingerprint density at radius 1 is 1.47 bits per heavy atom. The number of hydrogen-bond donors (Lipinski definition) is 4. The maximum absolute atomic E-state index is 10.9. The fourth-order valence-corrected chi connectivity index (χ4v) is 0.901. The molecule has 15 heavy (non-hydrogen) atoms. The Hall–Kier alpha value is -1.32. The molecule has 84 valence electrons. The van der Waals surface area contributed by atoms with Gasteiger partial charge in [-0.3, -0.25) is 14.4 Å². The lowest BCUT2D eigenvalue weighted by molar-refractivity contribution is 0.0948. The molecule has 1 aliphatic heterocycles. The number of carbonyl (C=O) groups excluding carboxylic acids is 1. The van der Waals surface area contributed by atoms with Crippen LogP contribution in [0.15, 0.2) is 6.20 Å². The van der Waals surface area contributed by atoms with Crippen molar-refractivity contribution in [3.05, 3.63) is 11.9 Å². The zero-order chi connectivity index (χ0) is 11.5. The molecule has 0 aromatic carbocycles. The molecule has 0 aliphatic carbocycles. The van der Waals surface area contributed by atoms with E-state index in [2.05, 4.69) is 31.5 Å². The molecule has 10 heteroatoms. The Balaban J connectivity index is 0.000000195. The Kier molecular flexibility index (Phi) is 3.50. The summed E-state index contributed by atoms with van der Waals surface area (Å²) < 4.78 is 25.2. The summed E-state index contributed by atoms with van der Waals surface area (Å²) >= 11 is 0. The van der Waals surface area contributed by atoms with Crippen LogP contribution in [0.3, 0.4) is 0 Å². The quantitative estimate of drug-likeness (QED) is 0.367. The van der Waals surface area contributed by atoms with Gasteiger partial charge in [-0.25, -0.2) is 0 Å². The fourth-order valence-electron chi connectivity index (χ4n) is 0.901. The second kappa shape index (κ2) is 4.47. The number of halogens is 1. The molecule has 0 unspecified atom stereocenters. The highest BCUT2D eigenvalue weighted by Crippen LogP contribution is 2.12. The van der Waals surface area contributed by atoms with E-state index in [1.54, 1.807) is 6.20 Å². The Labute approximate surface area is 89.3 Å². The second-order valence-corrected chi connectivity index (χ2v) is 4.42. The van der Waals surface area contributed by atoms with Gasteiger partial charge in [-0.05, 0) is 0 Å². The van der Waals surface area contributed by atoms with Gasteiger partial charge in [0.25, 0.3) is 5.91 Å². The monoisotopic (exact) mass is 254 g/mol. The van der Waals surface area contributed by atoms with Crippen LogP contribution in [0.25, 0.3) is 0 Å². The number of hydrogen-bond acceptors (Lipinski definition) is 5. The summed E-state index contributed by atoms with van der Waals surface area (Å²) in [4.78, 5) is 10.9. The number of anilines is 1. The van der Waals surface area contributed by atoms with Gasteiger partial charge in [0.15, 0.2) is 0 Å². The number of amides is 1. The zero-order valence-electron chi connectivity index (χ0n) is 7.19. The van der Waals surface area contributed by atoms with E-state index in [0.717, 1.165) is 5.69 Å². The minimum Gasteiger partial charge on any atom is -0.365 e. The normalized spacial score (nSPS) is 14.1. The van der Waals surface area contributed by atoms with E-state index >= 15 is 0 Å². The Morgan fingerprint density at radius 3 is 2.60 bits per heavy atom. The molecule has 0 bridgehead atoms. The molecule has 2 rings (SSSR count). The molecule has 0 fully saturated rings. The molecule has 0 spiro atoms. The lowest BCUT2D eigenvalue weighted by atomic mass is 10.3. The van der Waals surface area contributed by atoms with E-state index in [-0.39, 0.29) is 5.91 Å². The van der Waals surface area contributed by atoms with Gasteiger partial charge in [-0.1, -0.05) is 0 Å². The van der Waals surface area contributed by atoms with Crippen LogP contribution in [0.1, 0.15) is 10.5 Å². The molecule has 4 N–H and O–H groups in total. The second-order valence-electron chi connectivity index (χ2n) is 2.43. The molecule has 0 atom stereocenters. The predicted molar refractivity (Wildman–Crippen MR) is 51.9 cm³/mol. The molecule has 1 aromatic heterocycles. The molecule has 2 heterocycles. The van der Waals surface area contributed by atoms with Gasteiger partial charge in [0, 0.05) is 10.7 Å². The molecule has 1 aromatic rings. The molecule has 1 amide bonds. The number of aromatic nitrogens is 2. The molecule has 0 saturated heterocycles. The number of aromatic amines is 1. The molecule has 0 saturated carbocycles. The van der Waals surface area contributed by atoms with Crippen LogP contribution in [-0.4, -0.2) is 35.7 Å². The third-order valence-corrected chi connectivity index (χ3v) is 1.39. The van der Waals surface area contributed by atoms with Gasteiger partial charge in [-0.15, -0.1) is 0 Å². The number of fused-ring (bicyclic) bond motifs is 1. The smallest absolute Gasteiger partial charge is 0.353 e. The van der Waals surface area contributed by atoms with Gasteiger partial charge in [0.2, 0.25) is 0 Å². The molecule has 8 nitrogen and oxygen atoms in total. The predicted octanol–water partition coefficient (Wildman–Crippen LogP) is -0.450. The van der Waals surface area contributed by atoms with Crippen molar-refractivity contribution in [1.29, 1.82) is 0 Å². The van der Waals surface area contributed by atoms with Crippen LogP contribution in [-0.2, 0) is 9.33 Å². The highest BCUT2D eigenvalue weighted by molar-refractivity contribution is 8.09. The van der Waals surface area contributed by atoms with Crippen molar-refractivity contribution in [2.75, 3.05) is 12.0 Å². The first-order valence-electron chi connectivity index (χ1n) is 3.60. The first kappa shape index (κ1) is 11.8. The zero-order valence-corrected chi connectivity index (χ0v) is 8.76. The van der Waals surface area contributed by atoms with Crippen LogP contribution in [0, 0.1) is 0 Å². The third kappa shape index (κ3) is 4.14. The highest BCUT2D eigenvalue weighted by Gasteiger charge is 2.16. The summed E-state index contributed by atoms with van der Waals surface area (Å²) in [6, 6.07) is 0. The van der Waals surface area contributed by atoms with Crippen molar-refractivity contribution in [2.45, 2.75) is 0 Å². The van der Waals surface area contributed by atoms with Crippen LogP contribution in [0.2, 0.25) is 0 Å². The third-order valence-electron chi connectivity index (χ3n) is 1.39. The van der Waals surface area contributed by atoms with Crippen molar-refractivity contribution >= 4 is 31.6 Å². The lowest BCUT2D eigenvalue weighted by Gasteiger charge is -2.12. The van der Waals surface area contributed by atoms with E-state index in [1.807, 2.05) is 0 Å². The Bertz CT molecular complexity index is 447. The van der Waals surface area contributed by atoms with E-state index in [0.29, 0.717) is 12.4 Å². The minimum atomic E-state index is -4.19. The van der Waals surface area contributed by atoms with Crippen molar-refractivity contribution in [3.63, 3.8) is 0 Å². The molecule has 1 aliphatic rings. The number of carbonyl (C=O) groups is 1. The van der Waals surface area contributed by atoms with E-state index in [9.17, 15) is 4.79 Å². The topological polar surface area (TPSA) is 124 Å². The molecule has 0 radical (unpaired) electrons. The minimum absolute atomic E-state index is 0.105. The molecular formula is C5H7ClN4O4S. The van der Waals surface area contributed by atoms with Crippen LogP contribution in [0.5, 0.6) is 0 Å². The number of nitrogens with zero attached hydrogens (tertiary/aromatic N) is 1. The van der Waals surface area contributed by atoms with Crippen LogP contribution in [0.4, 0.5) is 5.69 Å². The number of nitrogens with one attached hydrogen (secondary N) is 3. The van der Waals surface area contributed by atoms with Gasteiger partial charge < -0.3 is 10.6 Å². The summed E-state index contributed by atoms with van der Waals surface area (Å²) in [6.07, 6.45) is 1.59.